The van der Waals surface area contributed by atoms with Crippen LogP contribution < -0.4 is 5.73 Å². The molecule has 0 aliphatic carbocycles. The quantitative estimate of drug-likeness (QED) is 0.608. The number of benzene rings is 1. The number of rotatable bonds is 1. The SMILES string of the molecule is Cc1ncc(-c2n[nH]c3ccc(N)cc23)o1. The zero-order valence-electron chi connectivity index (χ0n) is 8.69. The fourth-order valence-corrected chi connectivity index (χ4v) is 1.69. The Kier molecular flexibility index (Phi) is 1.73. The van der Waals surface area contributed by atoms with Gasteiger partial charge in [-0.05, 0) is 18.2 Å². The Hall–Kier alpha value is -2.30. The summed E-state index contributed by atoms with van der Waals surface area (Å²) in [7, 11) is 0. The number of nitrogens with two attached hydrogens (primary N) is 1. The molecule has 5 nitrogen and oxygen atoms in total. The molecule has 0 saturated carbocycles. The number of oxazole rings is 1. The van der Waals surface area contributed by atoms with Gasteiger partial charge in [-0.2, -0.15) is 5.10 Å². The zero-order valence-corrected chi connectivity index (χ0v) is 8.69. The lowest BCUT2D eigenvalue weighted by Gasteiger charge is -1.94. The Labute approximate surface area is 91.3 Å². The van der Waals surface area contributed by atoms with Gasteiger partial charge in [-0.15, -0.1) is 0 Å². The number of nitrogen functional groups attached to an aromatic ring is 1. The van der Waals surface area contributed by atoms with Crippen LogP contribution in [0.3, 0.4) is 0 Å². The van der Waals surface area contributed by atoms with Crippen molar-refractivity contribution in [1.82, 2.24) is 15.2 Å². The van der Waals surface area contributed by atoms with Gasteiger partial charge in [0.1, 0.15) is 5.69 Å². The lowest BCUT2D eigenvalue weighted by atomic mass is 10.2. The van der Waals surface area contributed by atoms with E-state index in [1.807, 2.05) is 18.2 Å². The van der Waals surface area contributed by atoms with Crippen LogP contribution in [0.1, 0.15) is 5.89 Å². The van der Waals surface area contributed by atoms with E-state index in [-0.39, 0.29) is 0 Å². The first-order valence-electron chi connectivity index (χ1n) is 4.90. The number of aromatic amines is 1. The van der Waals surface area contributed by atoms with Gasteiger partial charge in [0.15, 0.2) is 11.7 Å². The second kappa shape index (κ2) is 3.10. The topological polar surface area (TPSA) is 80.7 Å². The number of aryl methyl sites for hydroxylation is 1. The number of hydrogen-bond donors (Lipinski definition) is 2. The summed E-state index contributed by atoms with van der Waals surface area (Å²) in [6, 6.07) is 5.59. The number of H-pyrrole nitrogens is 1. The van der Waals surface area contributed by atoms with Crippen LogP contribution in [-0.4, -0.2) is 15.2 Å². The maximum absolute atomic E-state index is 5.75. The summed E-state index contributed by atoms with van der Waals surface area (Å²) in [5.74, 6) is 1.27. The molecule has 0 radical (unpaired) electrons. The molecule has 1 aromatic carbocycles. The second-order valence-electron chi connectivity index (χ2n) is 3.62. The zero-order chi connectivity index (χ0) is 11.1. The van der Waals surface area contributed by atoms with Crippen molar-refractivity contribution in [2.45, 2.75) is 6.92 Å². The average molecular weight is 214 g/mol. The summed E-state index contributed by atoms with van der Waals surface area (Å²) >= 11 is 0. The molecule has 0 fully saturated rings. The molecule has 80 valence electrons. The van der Waals surface area contributed by atoms with E-state index in [2.05, 4.69) is 15.2 Å². The number of hydrogen-bond acceptors (Lipinski definition) is 4. The van der Waals surface area contributed by atoms with Gasteiger partial charge in [-0.1, -0.05) is 0 Å². The van der Waals surface area contributed by atoms with Crippen molar-refractivity contribution in [2.75, 3.05) is 5.73 Å². The van der Waals surface area contributed by atoms with Crippen molar-refractivity contribution in [3.05, 3.63) is 30.3 Å². The van der Waals surface area contributed by atoms with Crippen LogP contribution in [0.4, 0.5) is 5.69 Å². The lowest BCUT2D eigenvalue weighted by molar-refractivity contribution is 0.533. The molecule has 3 N–H and O–H groups in total. The third-order valence-corrected chi connectivity index (χ3v) is 2.44. The van der Waals surface area contributed by atoms with Crippen LogP contribution in [-0.2, 0) is 0 Å². The van der Waals surface area contributed by atoms with E-state index in [9.17, 15) is 0 Å². The van der Waals surface area contributed by atoms with Crippen LogP contribution in [0.2, 0.25) is 0 Å². The number of anilines is 1. The van der Waals surface area contributed by atoms with Crippen molar-refractivity contribution in [3.63, 3.8) is 0 Å². The van der Waals surface area contributed by atoms with E-state index < -0.39 is 0 Å². The minimum absolute atomic E-state index is 0.620. The third-order valence-electron chi connectivity index (χ3n) is 2.44. The van der Waals surface area contributed by atoms with Gasteiger partial charge in [0.25, 0.3) is 0 Å². The van der Waals surface area contributed by atoms with Crippen LogP contribution >= 0.6 is 0 Å². The predicted molar refractivity (Wildman–Crippen MR) is 60.7 cm³/mol. The molecule has 0 aliphatic rings. The van der Waals surface area contributed by atoms with E-state index in [0.717, 1.165) is 16.6 Å². The first kappa shape index (κ1) is 8.96. The number of aromatic nitrogens is 3. The Bertz CT molecular complexity index is 653. The molecule has 2 aromatic heterocycles. The maximum Gasteiger partial charge on any atom is 0.191 e. The molecule has 0 spiro atoms. The third kappa shape index (κ3) is 1.25. The van der Waals surface area contributed by atoms with Crippen LogP contribution in [0.5, 0.6) is 0 Å². The number of nitrogens with zero attached hydrogens (tertiary/aromatic N) is 2. The summed E-state index contributed by atoms with van der Waals surface area (Å²) in [6.45, 7) is 1.80. The molecule has 0 bridgehead atoms. The minimum atomic E-state index is 0.620. The van der Waals surface area contributed by atoms with Gasteiger partial charge in [-0.3, -0.25) is 5.10 Å². The van der Waals surface area contributed by atoms with Gasteiger partial charge in [-0.25, -0.2) is 4.98 Å². The van der Waals surface area contributed by atoms with Gasteiger partial charge < -0.3 is 10.2 Å². The van der Waals surface area contributed by atoms with E-state index >= 15 is 0 Å². The molecule has 0 aliphatic heterocycles. The predicted octanol–water partition coefficient (Wildman–Crippen LogP) is 2.11. The Morgan fingerprint density at radius 2 is 2.25 bits per heavy atom. The summed E-state index contributed by atoms with van der Waals surface area (Å²) in [5, 5.41) is 8.08. The highest BCUT2D eigenvalue weighted by molar-refractivity contribution is 5.93. The van der Waals surface area contributed by atoms with Crippen molar-refractivity contribution in [1.29, 1.82) is 0 Å². The van der Waals surface area contributed by atoms with Crippen molar-refractivity contribution in [3.8, 4) is 11.5 Å². The van der Waals surface area contributed by atoms with Crippen LogP contribution in [0.15, 0.2) is 28.8 Å². The highest BCUT2D eigenvalue weighted by Crippen LogP contribution is 2.27. The molecule has 2 heterocycles. The first-order valence-corrected chi connectivity index (χ1v) is 4.90. The molecule has 0 unspecified atom stereocenters. The normalized spacial score (nSPS) is 11.1. The Morgan fingerprint density at radius 1 is 1.38 bits per heavy atom. The highest BCUT2D eigenvalue weighted by atomic mass is 16.4. The van der Waals surface area contributed by atoms with E-state index in [0.29, 0.717) is 17.3 Å². The molecular weight excluding hydrogens is 204 g/mol. The average Bonchev–Trinajstić information content (AvgIpc) is 2.83. The molecule has 3 rings (SSSR count). The van der Waals surface area contributed by atoms with Crippen molar-refractivity contribution in [2.24, 2.45) is 0 Å². The minimum Gasteiger partial charge on any atom is -0.439 e. The fourth-order valence-electron chi connectivity index (χ4n) is 1.69. The molecule has 0 saturated heterocycles. The van der Waals surface area contributed by atoms with E-state index in [1.54, 1.807) is 13.1 Å². The standard InChI is InChI=1S/C11H10N4O/c1-6-13-5-10(16-6)11-8-4-7(12)2-3-9(8)14-15-11/h2-5H,12H2,1H3,(H,14,15). The van der Waals surface area contributed by atoms with Gasteiger partial charge in [0, 0.05) is 18.0 Å². The van der Waals surface area contributed by atoms with E-state index in [4.69, 9.17) is 10.2 Å². The molecule has 0 amide bonds. The Balaban J connectivity index is 2.27. The summed E-state index contributed by atoms with van der Waals surface area (Å²) in [5.41, 5.74) is 8.12. The first-order chi connectivity index (χ1) is 7.74. The lowest BCUT2D eigenvalue weighted by Crippen LogP contribution is -1.82. The monoisotopic (exact) mass is 214 g/mol. The number of nitrogens with one attached hydrogen (secondary N) is 1. The molecular formula is C11H10N4O. The fraction of sp³-hybridized carbons (Fsp3) is 0.0909. The van der Waals surface area contributed by atoms with Gasteiger partial charge >= 0.3 is 0 Å². The largest absolute Gasteiger partial charge is 0.439 e. The summed E-state index contributed by atoms with van der Waals surface area (Å²) < 4.78 is 5.44. The Morgan fingerprint density at radius 3 is 3.00 bits per heavy atom. The van der Waals surface area contributed by atoms with Gasteiger partial charge in [0.05, 0.1) is 11.7 Å². The van der Waals surface area contributed by atoms with Gasteiger partial charge in [0.2, 0.25) is 0 Å². The molecule has 5 heteroatoms. The van der Waals surface area contributed by atoms with Crippen molar-refractivity contribution < 1.29 is 4.42 Å². The highest BCUT2D eigenvalue weighted by Gasteiger charge is 2.11. The van der Waals surface area contributed by atoms with E-state index in [1.165, 1.54) is 0 Å². The van der Waals surface area contributed by atoms with Crippen LogP contribution in [0.25, 0.3) is 22.4 Å². The van der Waals surface area contributed by atoms with Crippen molar-refractivity contribution >= 4 is 16.6 Å². The molecule has 16 heavy (non-hydrogen) atoms. The summed E-state index contributed by atoms with van der Waals surface area (Å²) in [4.78, 5) is 4.05. The number of fused-ring (bicyclic) bond motifs is 1. The second-order valence-corrected chi connectivity index (χ2v) is 3.62. The maximum atomic E-state index is 5.75. The molecule has 3 aromatic rings. The van der Waals surface area contributed by atoms with Crippen LogP contribution in [0, 0.1) is 6.92 Å². The summed E-state index contributed by atoms with van der Waals surface area (Å²) in [6.07, 6.45) is 1.66. The molecule has 0 atom stereocenters. The smallest absolute Gasteiger partial charge is 0.191 e.